The first kappa shape index (κ1) is 13.0. The van der Waals surface area contributed by atoms with E-state index in [1.165, 1.54) is 0 Å². The van der Waals surface area contributed by atoms with Crippen molar-refractivity contribution in [1.82, 2.24) is 14.5 Å². The van der Waals surface area contributed by atoms with E-state index in [4.69, 9.17) is 5.73 Å². The largest absolute Gasteiger partial charge is 0.349 e. The molecule has 0 bridgehead atoms. The van der Waals surface area contributed by atoms with Crippen LogP contribution in [0.3, 0.4) is 0 Å². The molecule has 0 amide bonds. The third-order valence-electron chi connectivity index (χ3n) is 3.35. The summed E-state index contributed by atoms with van der Waals surface area (Å²) in [6.07, 6.45) is 3.43. The zero-order valence-corrected chi connectivity index (χ0v) is 10.9. The van der Waals surface area contributed by atoms with Gasteiger partial charge in [0.25, 0.3) is 5.56 Å². The Hall–Kier alpha value is -1.40. The normalized spacial score (nSPS) is 17.1. The predicted molar refractivity (Wildman–Crippen MR) is 71.9 cm³/mol. The number of aryl methyl sites for hydroxylation is 1. The average Bonchev–Trinajstić information content (AvgIpc) is 2.41. The Labute approximate surface area is 107 Å². The van der Waals surface area contributed by atoms with Crippen LogP contribution in [0.4, 0.5) is 5.82 Å². The van der Waals surface area contributed by atoms with Crippen LogP contribution in [0.5, 0.6) is 0 Å². The van der Waals surface area contributed by atoms with E-state index in [0.29, 0.717) is 18.9 Å². The van der Waals surface area contributed by atoms with Gasteiger partial charge in [0.1, 0.15) is 0 Å². The molecule has 1 fully saturated rings. The quantitative estimate of drug-likeness (QED) is 0.770. The summed E-state index contributed by atoms with van der Waals surface area (Å²) in [6, 6.07) is 0. The molecule has 1 aromatic rings. The molecular formula is C12H21N5O. The van der Waals surface area contributed by atoms with Crippen LogP contribution in [0, 0.1) is 0 Å². The molecule has 0 aromatic carbocycles. The third-order valence-corrected chi connectivity index (χ3v) is 3.35. The Morgan fingerprint density at radius 3 is 2.67 bits per heavy atom. The van der Waals surface area contributed by atoms with Crippen molar-refractivity contribution < 1.29 is 0 Å². The number of nitrogens with zero attached hydrogens (tertiary/aromatic N) is 4. The summed E-state index contributed by atoms with van der Waals surface area (Å²) in [4.78, 5) is 20.8. The van der Waals surface area contributed by atoms with Crippen molar-refractivity contribution in [3.05, 3.63) is 22.7 Å². The van der Waals surface area contributed by atoms with Crippen LogP contribution in [0.25, 0.3) is 0 Å². The van der Waals surface area contributed by atoms with Crippen LogP contribution in [0.2, 0.25) is 0 Å². The fourth-order valence-corrected chi connectivity index (χ4v) is 2.27. The molecular weight excluding hydrogens is 230 g/mol. The molecule has 0 unspecified atom stereocenters. The van der Waals surface area contributed by atoms with Gasteiger partial charge in [0, 0.05) is 58.2 Å². The lowest BCUT2D eigenvalue weighted by Crippen LogP contribution is -2.49. The second-order valence-corrected chi connectivity index (χ2v) is 4.46. The zero-order valence-electron chi connectivity index (χ0n) is 10.9. The van der Waals surface area contributed by atoms with Crippen molar-refractivity contribution in [3.63, 3.8) is 0 Å². The summed E-state index contributed by atoms with van der Waals surface area (Å²) in [7, 11) is 0. The Morgan fingerprint density at radius 1 is 1.33 bits per heavy atom. The van der Waals surface area contributed by atoms with Crippen molar-refractivity contribution in [1.29, 1.82) is 0 Å². The van der Waals surface area contributed by atoms with Gasteiger partial charge in [-0.15, -0.1) is 0 Å². The van der Waals surface area contributed by atoms with Crippen LogP contribution >= 0.6 is 0 Å². The fraction of sp³-hybridized carbons (Fsp3) is 0.667. The lowest BCUT2D eigenvalue weighted by atomic mass is 10.3. The van der Waals surface area contributed by atoms with Gasteiger partial charge in [0.2, 0.25) is 0 Å². The van der Waals surface area contributed by atoms with Crippen molar-refractivity contribution in [2.45, 2.75) is 13.5 Å². The highest BCUT2D eigenvalue weighted by Crippen LogP contribution is 2.08. The standard InChI is InChI=1S/C12H21N5O/c1-2-16-6-4-14-11(12(16)18)17-9-7-15(5-3-13)8-10-17/h4,6H,2-3,5,7-10,13H2,1H3. The van der Waals surface area contributed by atoms with E-state index < -0.39 is 0 Å². The Kier molecular flexibility index (Phi) is 4.33. The van der Waals surface area contributed by atoms with Gasteiger partial charge in [0.15, 0.2) is 5.82 Å². The van der Waals surface area contributed by atoms with Crippen molar-refractivity contribution >= 4 is 5.82 Å². The number of piperazine rings is 1. The number of anilines is 1. The van der Waals surface area contributed by atoms with Gasteiger partial charge in [-0.3, -0.25) is 9.69 Å². The summed E-state index contributed by atoms with van der Waals surface area (Å²) >= 11 is 0. The van der Waals surface area contributed by atoms with Crippen molar-refractivity contribution in [3.8, 4) is 0 Å². The molecule has 2 heterocycles. The maximum absolute atomic E-state index is 12.1. The molecule has 6 heteroatoms. The van der Waals surface area contributed by atoms with Crippen molar-refractivity contribution in [2.24, 2.45) is 5.73 Å². The Bertz CT molecular complexity index is 436. The second-order valence-electron chi connectivity index (χ2n) is 4.46. The first-order valence-corrected chi connectivity index (χ1v) is 6.49. The summed E-state index contributed by atoms with van der Waals surface area (Å²) < 4.78 is 1.69. The second kappa shape index (κ2) is 5.97. The minimum atomic E-state index is 0.00674. The van der Waals surface area contributed by atoms with Crippen LogP contribution in [0.1, 0.15) is 6.92 Å². The summed E-state index contributed by atoms with van der Waals surface area (Å²) in [5.74, 6) is 0.576. The van der Waals surface area contributed by atoms with E-state index in [9.17, 15) is 4.79 Å². The molecule has 0 spiro atoms. The monoisotopic (exact) mass is 251 g/mol. The SMILES string of the molecule is CCn1ccnc(N2CCN(CCN)CC2)c1=O. The van der Waals surface area contributed by atoms with Gasteiger partial charge in [0.05, 0.1) is 0 Å². The smallest absolute Gasteiger partial charge is 0.293 e. The van der Waals surface area contributed by atoms with Gasteiger partial charge in [-0.1, -0.05) is 0 Å². The van der Waals surface area contributed by atoms with E-state index in [0.717, 1.165) is 32.7 Å². The fourth-order valence-electron chi connectivity index (χ4n) is 2.27. The molecule has 1 saturated heterocycles. The van der Waals surface area contributed by atoms with Crippen LogP contribution in [-0.2, 0) is 6.54 Å². The summed E-state index contributed by atoms with van der Waals surface area (Å²) in [5.41, 5.74) is 5.55. The van der Waals surface area contributed by atoms with E-state index in [1.807, 2.05) is 6.92 Å². The molecule has 0 radical (unpaired) electrons. The van der Waals surface area contributed by atoms with E-state index in [1.54, 1.807) is 17.0 Å². The number of nitrogens with two attached hydrogens (primary N) is 1. The predicted octanol–water partition coefficient (Wildman–Crippen LogP) is -0.656. The van der Waals surface area contributed by atoms with Crippen LogP contribution < -0.4 is 16.2 Å². The molecule has 100 valence electrons. The molecule has 0 aliphatic carbocycles. The minimum Gasteiger partial charge on any atom is -0.349 e. The molecule has 1 aliphatic heterocycles. The number of hydrogen-bond acceptors (Lipinski definition) is 5. The maximum atomic E-state index is 12.1. The molecule has 0 atom stereocenters. The van der Waals surface area contributed by atoms with Gasteiger partial charge in [-0.25, -0.2) is 4.98 Å². The molecule has 18 heavy (non-hydrogen) atoms. The molecule has 1 aromatic heterocycles. The molecule has 1 aliphatic rings. The van der Waals surface area contributed by atoms with E-state index >= 15 is 0 Å². The lowest BCUT2D eigenvalue weighted by molar-refractivity contribution is 0.264. The number of hydrogen-bond donors (Lipinski definition) is 1. The van der Waals surface area contributed by atoms with E-state index in [-0.39, 0.29) is 5.56 Å². The maximum Gasteiger partial charge on any atom is 0.293 e. The average molecular weight is 251 g/mol. The van der Waals surface area contributed by atoms with Crippen molar-refractivity contribution in [2.75, 3.05) is 44.2 Å². The Morgan fingerprint density at radius 2 is 2.06 bits per heavy atom. The third kappa shape index (κ3) is 2.70. The molecule has 2 rings (SSSR count). The summed E-state index contributed by atoms with van der Waals surface area (Å²) in [5, 5.41) is 0. The van der Waals surface area contributed by atoms with Crippen LogP contribution in [0.15, 0.2) is 17.2 Å². The van der Waals surface area contributed by atoms with Gasteiger partial charge >= 0.3 is 0 Å². The highest BCUT2D eigenvalue weighted by atomic mass is 16.1. The van der Waals surface area contributed by atoms with Gasteiger partial charge < -0.3 is 15.2 Å². The van der Waals surface area contributed by atoms with Gasteiger partial charge in [-0.05, 0) is 6.92 Å². The van der Waals surface area contributed by atoms with E-state index in [2.05, 4.69) is 14.8 Å². The number of rotatable bonds is 4. The highest BCUT2D eigenvalue weighted by molar-refractivity contribution is 5.36. The summed E-state index contributed by atoms with van der Waals surface area (Å²) in [6.45, 7) is 7.83. The zero-order chi connectivity index (χ0) is 13.0. The first-order valence-electron chi connectivity index (χ1n) is 6.49. The number of aromatic nitrogens is 2. The van der Waals surface area contributed by atoms with Gasteiger partial charge in [-0.2, -0.15) is 0 Å². The highest BCUT2D eigenvalue weighted by Gasteiger charge is 2.19. The van der Waals surface area contributed by atoms with Crippen LogP contribution in [-0.4, -0.2) is 53.7 Å². The minimum absolute atomic E-state index is 0.00674. The Balaban J connectivity index is 2.08. The lowest BCUT2D eigenvalue weighted by Gasteiger charge is -2.34. The first-order chi connectivity index (χ1) is 8.76. The molecule has 0 saturated carbocycles. The topological polar surface area (TPSA) is 67.4 Å². The molecule has 6 nitrogen and oxygen atoms in total. The molecule has 2 N–H and O–H groups in total.